The number of nitrogens with zero attached hydrogens (tertiary/aromatic N) is 4. The minimum Gasteiger partial charge on any atom is -0.342 e. The first-order chi connectivity index (χ1) is 15.2. The van der Waals surface area contributed by atoms with Crippen molar-refractivity contribution in [2.45, 2.75) is 44.9 Å². The molecule has 1 aliphatic carbocycles. The van der Waals surface area contributed by atoms with Crippen LogP contribution in [0.5, 0.6) is 0 Å². The SMILES string of the molecule is CC(=O)N1CCCC(c2nc(Nc3ccc4c(c3)CCC4)cc(-c3cccnc3)n2)C1. The van der Waals surface area contributed by atoms with Crippen molar-refractivity contribution in [3.63, 3.8) is 0 Å². The second-order valence-electron chi connectivity index (χ2n) is 8.50. The lowest BCUT2D eigenvalue weighted by molar-refractivity contribution is -0.130. The van der Waals surface area contributed by atoms with Crippen LogP contribution in [-0.2, 0) is 17.6 Å². The molecule has 3 heterocycles. The molecular formula is C25H27N5O. The third kappa shape index (κ3) is 4.29. The second kappa shape index (κ2) is 8.46. The van der Waals surface area contributed by atoms with Crippen LogP contribution >= 0.6 is 0 Å². The van der Waals surface area contributed by atoms with Crippen LogP contribution in [0.3, 0.4) is 0 Å². The molecule has 3 aromatic rings. The van der Waals surface area contributed by atoms with Crippen molar-refractivity contribution in [1.82, 2.24) is 19.9 Å². The number of nitrogens with one attached hydrogen (secondary N) is 1. The van der Waals surface area contributed by atoms with E-state index in [0.717, 1.165) is 54.4 Å². The minimum atomic E-state index is 0.115. The molecule has 6 heteroatoms. The van der Waals surface area contributed by atoms with Gasteiger partial charge < -0.3 is 10.2 Å². The van der Waals surface area contributed by atoms with Crippen LogP contribution in [0.2, 0.25) is 0 Å². The Bertz CT molecular complexity index is 1100. The standard InChI is InChI=1S/C25H27N5O/c1-17(31)30-12-4-8-21(16-30)25-28-23(20-7-3-11-26-15-20)14-24(29-25)27-22-10-9-18-5-2-6-19(18)13-22/h3,7,9-11,13-15,21H,2,4-6,8,12,16H2,1H3,(H,27,28,29). The summed E-state index contributed by atoms with van der Waals surface area (Å²) in [5.74, 6) is 1.82. The predicted octanol–water partition coefficient (Wildman–Crippen LogP) is 4.50. The maximum absolute atomic E-state index is 11.9. The molecule has 1 saturated heterocycles. The second-order valence-corrected chi connectivity index (χ2v) is 8.50. The Morgan fingerprint density at radius 2 is 2.00 bits per heavy atom. The number of aromatic nitrogens is 3. The van der Waals surface area contributed by atoms with Gasteiger partial charge in [-0.15, -0.1) is 0 Å². The van der Waals surface area contributed by atoms with E-state index in [4.69, 9.17) is 9.97 Å². The molecule has 0 bridgehead atoms. The van der Waals surface area contributed by atoms with Crippen LogP contribution in [0.25, 0.3) is 11.3 Å². The Morgan fingerprint density at radius 1 is 1.10 bits per heavy atom. The van der Waals surface area contributed by atoms with Gasteiger partial charge in [-0.05, 0) is 67.5 Å². The van der Waals surface area contributed by atoms with Crippen LogP contribution in [0.4, 0.5) is 11.5 Å². The van der Waals surface area contributed by atoms with Crippen molar-refractivity contribution in [2.75, 3.05) is 18.4 Å². The summed E-state index contributed by atoms with van der Waals surface area (Å²) in [7, 11) is 0. The summed E-state index contributed by atoms with van der Waals surface area (Å²) >= 11 is 0. The fraction of sp³-hybridized carbons (Fsp3) is 0.360. The summed E-state index contributed by atoms with van der Waals surface area (Å²) in [5.41, 5.74) is 5.74. The van der Waals surface area contributed by atoms with Gasteiger partial charge in [0.1, 0.15) is 11.6 Å². The molecule has 2 aromatic heterocycles. The molecule has 1 fully saturated rings. The number of hydrogen-bond acceptors (Lipinski definition) is 5. The number of fused-ring (bicyclic) bond motifs is 1. The molecule has 2 aliphatic rings. The lowest BCUT2D eigenvalue weighted by Gasteiger charge is -2.31. The van der Waals surface area contributed by atoms with E-state index < -0.39 is 0 Å². The van der Waals surface area contributed by atoms with Gasteiger partial charge in [0.25, 0.3) is 0 Å². The Morgan fingerprint density at radius 3 is 2.84 bits per heavy atom. The molecule has 1 atom stereocenters. The molecule has 1 amide bonds. The van der Waals surface area contributed by atoms with E-state index in [1.807, 2.05) is 29.3 Å². The van der Waals surface area contributed by atoms with Crippen LogP contribution in [0.15, 0.2) is 48.8 Å². The number of carbonyl (C=O) groups excluding carboxylic acids is 1. The molecule has 0 radical (unpaired) electrons. The summed E-state index contributed by atoms with van der Waals surface area (Å²) in [6, 6.07) is 12.5. The summed E-state index contributed by atoms with van der Waals surface area (Å²) < 4.78 is 0. The Kier molecular flexibility index (Phi) is 5.37. The molecule has 0 spiro atoms. The van der Waals surface area contributed by atoms with E-state index in [-0.39, 0.29) is 11.8 Å². The zero-order valence-corrected chi connectivity index (χ0v) is 17.8. The summed E-state index contributed by atoms with van der Waals surface area (Å²) in [6.45, 7) is 3.12. The average Bonchev–Trinajstić information content (AvgIpc) is 3.27. The van der Waals surface area contributed by atoms with E-state index in [0.29, 0.717) is 6.54 Å². The number of carbonyl (C=O) groups is 1. The number of anilines is 2. The molecule has 5 rings (SSSR count). The zero-order valence-electron chi connectivity index (χ0n) is 17.8. The molecule has 0 saturated carbocycles. The van der Waals surface area contributed by atoms with E-state index in [2.05, 4.69) is 28.5 Å². The smallest absolute Gasteiger partial charge is 0.219 e. The van der Waals surface area contributed by atoms with Gasteiger partial charge in [0.15, 0.2) is 0 Å². The van der Waals surface area contributed by atoms with E-state index in [1.165, 1.54) is 24.0 Å². The van der Waals surface area contributed by atoms with Gasteiger partial charge in [-0.1, -0.05) is 6.07 Å². The van der Waals surface area contributed by atoms with Crippen LogP contribution in [0.1, 0.15) is 49.1 Å². The number of likely N-dealkylation sites (tertiary alicyclic amines) is 1. The maximum atomic E-state index is 11.9. The monoisotopic (exact) mass is 413 g/mol. The predicted molar refractivity (Wildman–Crippen MR) is 121 cm³/mol. The first kappa shape index (κ1) is 19.7. The average molecular weight is 414 g/mol. The number of benzene rings is 1. The molecular weight excluding hydrogens is 386 g/mol. The third-order valence-corrected chi connectivity index (χ3v) is 6.30. The number of rotatable bonds is 4. The van der Waals surface area contributed by atoms with Gasteiger partial charge in [0.05, 0.1) is 5.69 Å². The molecule has 6 nitrogen and oxygen atoms in total. The quantitative estimate of drug-likeness (QED) is 0.682. The molecule has 158 valence electrons. The number of aryl methyl sites for hydroxylation is 2. The van der Waals surface area contributed by atoms with Gasteiger partial charge in [0, 0.05) is 55.6 Å². The lowest BCUT2D eigenvalue weighted by atomic mass is 9.97. The maximum Gasteiger partial charge on any atom is 0.219 e. The zero-order chi connectivity index (χ0) is 21.2. The van der Waals surface area contributed by atoms with Crippen LogP contribution in [0, 0.1) is 0 Å². The summed E-state index contributed by atoms with van der Waals surface area (Å²) in [5, 5.41) is 3.51. The van der Waals surface area contributed by atoms with Crippen molar-refractivity contribution < 1.29 is 4.79 Å². The van der Waals surface area contributed by atoms with Crippen LogP contribution in [-0.4, -0.2) is 38.8 Å². The van der Waals surface area contributed by atoms with Crippen molar-refractivity contribution >= 4 is 17.4 Å². The fourth-order valence-electron chi connectivity index (χ4n) is 4.65. The highest BCUT2D eigenvalue weighted by Crippen LogP contribution is 2.30. The molecule has 31 heavy (non-hydrogen) atoms. The van der Waals surface area contributed by atoms with Crippen molar-refractivity contribution in [2.24, 2.45) is 0 Å². The van der Waals surface area contributed by atoms with E-state index in [1.54, 1.807) is 13.1 Å². The van der Waals surface area contributed by atoms with Gasteiger partial charge >= 0.3 is 0 Å². The van der Waals surface area contributed by atoms with E-state index >= 15 is 0 Å². The molecule has 1 aromatic carbocycles. The number of piperidine rings is 1. The van der Waals surface area contributed by atoms with Gasteiger partial charge in [0.2, 0.25) is 5.91 Å². The molecule has 1 unspecified atom stereocenters. The number of hydrogen-bond donors (Lipinski definition) is 1. The molecule has 1 aliphatic heterocycles. The Balaban J connectivity index is 1.49. The summed E-state index contributed by atoms with van der Waals surface area (Å²) in [6.07, 6.45) is 9.10. The highest BCUT2D eigenvalue weighted by molar-refractivity contribution is 5.73. The number of amides is 1. The minimum absolute atomic E-state index is 0.115. The Hall–Kier alpha value is -3.28. The van der Waals surface area contributed by atoms with Gasteiger partial charge in [-0.2, -0.15) is 0 Å². The van der Waals surface area contributed by atoms with Gasteiger partial charge in [-0.25, -0.2) is 9.97 Å². The lowest BCUT2D eigenvalue weighted by Crippen LogP contribution is -2.38. The topological polar surface area (TPSA) is 71.0 Å². The highest BCUT2D eigenvalue weighted by atomic mass is 16.2. The first-order valence-corrected chi connectivity index (χ1v) is 11.1. The Labute approximate surface area is 182 Å². The van der Waals surface area contributed by atoms with Crippen molar-refractivity contribution in [1.29, 1.82) is 0 Å². The fourth-order valence-corrected chi connectivity index (χ4v) is 4.65. The van der Waals surface area contributed by atoms with Crippen molar-refractivity contribution in [3.05, 3.63) is 65.7 Å². The van der Waals surface area contributed by atoms with Crippen molar-refractivity contribution in [3.8, 4) is 11.3 Å². The van der Waals surface area contributed by atoms with Gasteiger partial charge in [-0.3, -0.25) is 9.78 Å². The normalized spacial score (nSPS) is 18.0. The summed E-state index contributed by atoms with van der Waals surface area (Å²) in [4.78, 5) is 27.9. The third-order valence-electron chi connectivity index (χ3n) is 6.30. The largest absolute Gasteiger partial charge is 0.342 e. The highest BCUT2D eigenvalue weighted by Gasteiger charge is 2.26. The molecule has 1 N–H and O–H groups in total. The van der Waals surface area contributed by atoms with Crippen LogP contribution < -0.4 is 5.32 Å². The van der Waals surface area contributed by atoms with E-state index in [9.17, 15) is 4.79 Å². The first-order valence-electron chi connectivity index (χ1n) is 11.1. The number of pyridine rings is 1.